The van der Waals surface area contributed by atoms with Crippen LogP contribution in [0.15, 0.2) is 143 Å². The summed E-state index contributed by atoms with van der Waals surface area (Å²) in [5, 5.41) is 0. The van der Waals surface area contributed by atoms with Crippen molar-refractivity contribution in [2.45, 2.75) is 133 Å². The van der Waals surface area contributed by atoms with Gasteiger partial charge in [-0.1, -0.05) is 116 Å². The molecule has 0 saturated heterocycles. The Labute approximate surface area is 359 Å². The van der Waals surface area contributed by atoms with E-state index in [1.165, 1.54) is 80.4 Å². The van der Waals surface area contributed by atoms with E-state index in [2.05, 4.69) is 134 Å². The third kappa shape index (κ3) is 4.94. The van der Waals surface area contributed by atoms with E-state index < -0.39 is 0 Å². The number of benzene rings is 2. The molecule has 0 amide bonds. The van der Waals surface area contributed by atoms with Crippen LogP contribution in [0.2, 0.25) is 0 Å². The van der Waals surface area contributed by atoms with Gasteiger partial charge in [0.15, 0.2) is 0 Å². The molecule has 1 spiro atoms. The Morgan fingerprint density at radius 2 is 1.65 bits per heavy atom. The lowest BCUT2D eigenvalue weighted by Gasteiger charge is -2.50. The summed E-state index contributed by atoms with van der Waals surface area (Å²) in [6.07, 6.45) is 47.8. The quantitative estimate of drug-likeness (QED) is 0.286. The Hall–Kier alpha value is -4.30. The average Bonchev–Trinajstić information content (AvgIpc) is 3.99. The van der Waals surface area contributed by atoms with E-state index in [0.717, 1.165) is 38.0 Å². The van der Waals surface area contributed by atoms with Crippen molar-refractivity contribution in [3.8, 4) is 0 Å². The Kier molecular flexibility index (Phi) is 8.24. The molecule has 10 aliphatic carbocycles. The number of anilines is 1. The first kappa shape index (κ1) is 36.4. The van der Waals surface area contributed by atoms with E-state index in [1.807, 2.05) is 0 Å². The zero-order chi connectivity index (χ0) is 39.7. The van der Waals surface area contributed by atoms with Gasteiger partial charge in [-0.05, 0) is 182 Å². The van der Waals surface area contributed by atoms with Crippen LogP contribution in [0.4, 0.5) is 5.69 Å². The summed E-state index contributed by atoms with van der Waals surface area (Å²) in [4.78, 5) is 3.09. The van der Waals surface area contributed by atoms with Crippen LogP contribution in [-0.4, -0.2) is 18.2 Å². The van der Waals surface area contributed by atoms with E-state index in [0.29, 0.717) is 47.6 Å². The van der Waals surface area contributed by atoms with Gasteiger partial charge < -0.3 is 9.64 Å². The van der Waals surface area contributed by atoms with Gasteiger partial charge in [0, 0.05) is 35.5 Å². The minimum Gasteiger partial charge on any atom is -0.486 e. The second-order valence-electron chi connectivity index (χ2n) is 21.1. The van der Waals surface area contributed by atoms with Crippen LogP contribution >= 0.6 is 0 Å². The molecule has 11 aliphatic rings. The molecule has 1 aliphatic heterocycles. The molecule has 306 valence electrons. The fourth-order valence-corrected chi connectivity index (χ4v) is 16.1. The van der Waals surface area contributed by atoms with Gasteiger partial charge in [-0.15, -0.1) is 0 Å². The maximum atomic E-state index is 6.88. The summed E-state index contributed by atoms with van der Waals surface area (Å²) >= 11 is 0. The highest BCUT2D eigenvalue weighted by molar-refractivity contribution is 5.94. The molecule has 2 heteroatoms. The first-order valence-electron chi connectivity index (χ1n) is 24.4. The molecule has 2 aromatic carbocycles. The third-order valence-corrected chi connectivity index (χ3v) is 18.4. The van der Waals surface area contributed by atoms with Gasteiger partial charge in [0.05, 0.1) is 5.41 Å². The zero-order valence-corrected chi connectivity index (χ0v) is 36.0. The van der Waals surface area contributed by atoms with E-state index in [9.17, 15) is 0 Å². The van der Waals surface area contributed by atoms with Crippen molar-refractivity contribution in [1.82, 2.24) is 0 Å². The van der Waals surface area contributed by atoms with Crippen LogP contribution in [0.3, 0.4) is 0 Å². The minimum absolute atomic E-state index is 0.128. The minimum atomic E-state index is -0.159. The Morgan fingerprint density at radius 3 is 2.58 bits per heavy atom. The molecule has 11 unspecified atom stereocenters. The number of hydrogen-bond acceptors (Lipinski definition) is 2. The van der Waals surface area contributed by atoms with Crippen LogP contribution in [0.1, 0.15) is 132 Å². The molecule has 0 bridgehead atoms. The Morgan fingerprint density at radius 1 is 0.733 bits per heavy atom. The van der Waals surface area contributed by atoms with Crippen molar-refractivity contribution in [3.63, 3.8) is 0 Å². The highest BCUT2D eigenvalue weighted by atomic mass is 16.5. The lowest BCUT2D eigenvalue weighted by molar-refractivity contribution is 0.137. The van der Waals surface area contributed by atoms with Gasteiger partial charge in [0.1, 0.15) is 11.9 Å². The molecule has 11 atom stereocenters. The SMILES string of the molecule is CC1(C)C2=CCCC(N(c3ccc4c(c3)C3(C5=CCCC=C5c5ccccc53)C3C=C(C5C=CCCC5)CCC43)C3CC=CC4OC5=C(CCC=C5)C43)C2C2C=CCCC21. The summed E-state index contributed by atoms with van der Waals surface area (Å²) in [5.74, 6) is 5.01. The maximum Gasteiger partial charge on any atom is 0.125 e. The number of rotatable bonds is 4. The van der Waals surface area contributed by atoms with Crippen LogP contribution in [-0.2, 0) is 10.2 Å². The van der Waals surface area contributed by atoms with Gasteiger partial charge in [-0.3, -0.25) is 0 Å². The van der Waals surface area contributed by atoms with Crippen molar-refractivity contribution in [2.24, 2.45) is 40.9 Å². The number of hydrogen-bond donors (Lipinski definition) is 0. The predicted molar refractivity (Wildman–Crippen MR) is 247 cm³/mol. The average molecular weight is 790 g/mol. The Bertz CT molecular complexity index is 2440. The second kappa shape index (κ2) is 13.6. The molecule has 13 rings (SSSR count). The highest BCUT2D eigenvalue weighted by Gasteiger charge is 2.61. The number of fused-ring (bicyclic) bond motifs is 15. The van der Waals surface area contributed by atoms with Crippen molar-refractivity contribution in [3.05, 3.63) is 166 Å². The maximum absolute atomic E-state index is 6.88. The molecule has 1 heterocycles. The van der Waals surface area contributed by atoms with Gasteiger partial charge in [-0.25, -0.2) is 0 Å². The summed E-state index contributed by atoms with van der Waals surface area (Å²) in [6.45, 7) is 5.20. The van der Waals surface area contributed by atoms with E-state index >= 15 is 0 Å². The lowest BCUT2D eigenvalue weighted by Crippen LogP contribution is -2.54. The van der Waals surface area contributed by atoms with Crippen LogP contribution in [0.25, 0.3) is 5.57 Å². The van der Waals surface area contributed by atoms with E-state index in [-0.39, 0.29) is 16.9 Å². The summed E-state index contributed by atoms with van der Waals surface area (Å²) in [7, 11) is 0. The molecular formula is C58H63NO. The fraction of sp³-hybridized carbons (Fsp3) is 0.483. The van der Waals surface area contributed by atoms with Gasteiger partial charge in [0.2, 0.25) is 0 Å². The molecule has 60 heavy (non-hydrogen) atoms. The molecule has 0 radical (unpaired) electrons. The van der Waals surface area contributed by atoms with Gasteiger partial charge in [0.25, 0.3) is 0 Å². The molecule has 2 nitrogen and oxygen atoms in total. The second-order valence-corrected chi connectivity index (χ2v) is 21.1. The Balaban J connectivity index is 1.03. The summed E-state index contributed by atoms with van der Waals surface area (Å²) < 4.78 is 6.88. The van der Waals surface area contributed by atoms with Gasteiger partial charge in [-0.2, -0.15) is 0 Å². The first-order valence-corrected chi connectivity index (χ1v) is 24.4. The molecule has 1 saturated carbocycles. The van der Waals surface area contributed by atoms with Crippen LogP contribution in [0.5, 0.6) is 0 Å². The smallest absolute Gasteiger partial charge is 0.125 e. The van der Waals surface area contributed by atoms with Gasteiger partial charge >= 0.3 is 0 Å². The van der Waals surface area contributed by atoms with E-state index in [4.69, 9.17) is 4.74 Å². The standard InChI is InChI=1S/C58H63NO/c1-57(2)45-22-10-8-20-43(45)55-48(57)25-14-26-51(55)59(52-27-15-29-54-56(52)44-21-9-13-28-53(44)60-54)38-31-33-42-41-32-30-37(36-16-4-3-5-17-36)34-49(41)58(50(42)35-38)46-23-11-6-18-39(46)40-19-7-12-24-47(40)58/h4,6,8,11,13,15-16,18-20,23-25,28-29,31,33-36,41,43,45,49,51-52,54-56H,3,5,7,9-10,12,14,17,21-22,26-27,30,32H2,1-2H3. The lowest BCUT2D eigenvalue weighted by atomic mass is 9.62. The summed E-state index contributed by atoms with van der Waals surface area (Å²) in [5.41, 5.74) is 16.1. The molecular weight excluding hydrogens is 727 g/mol. The van der Waals surface area contributed by atoms with Crippen molar-refractivity contribution < 1.29 is 4.74 Å². The van der Waals surface area contributed by atoms with Crippen molar-refractivity contribution in [2.75, 3.05) is 4.90 Å². The monoisotopic (exact) mass is 789 g/mol. The normalized spacial score (nSPS) is 38.3. The van der Waals surface area contributed by atoms with E-state index in [1.54, 1.807) is 39.0 Å². The molecule has 2 aromatic rings. The summed E-state index contributed by atoms with van der Waals surface area (Å²) in [6, 6.07) is 18.6. The van der Waals surface area contributed by atoms with Crippen molar-refractivity contribution >= 4 is 11.3 Å². The first-order chi connectivity index (χ1) is 29.5. The molecule has 0 aromatic heterocycles. The molecule has 1 fully saturated rings. The fourth-order valence-electron chi connectivity index (χ4n) is 16.1. The highest BCUT2D eigenvalue weighted by Crippen LogP contribution is 2.69. The largest absolute Gasteiger partial charge is 0.486 e. The zero-order valence-electron chi connectivity index (χ0n) is 36.0. The van der Waals surface area contributed by atoms with Crippen LogP contribution < -0.4 is 4.90 Å². The van der Waals surface area contributed by atoms with Crippen LogP contribution in [0, 0.1) is 40.9 Å². The third-order valence-electron chi connectivity index (χ3n) is 18.4. The number of allylic oxidation sites excluding steroid dienone is 13. The molecule has 0 N–H and O–H groups in total. The topological polar surface area (TPSA) is 12.5 Å². The predicted octanol–water partition coefficient (Wildman–Crippen LogP) is 14.0. The number of nitrogens with zero attached hydrogens (tertiary/aromatic N) is 1. The van der Waals surface area contributed by atoms with Crippen molar-refractivity contribution in [1.29, 1.82) is 0 Å². The number of ether oxygens (including phenoxy) is 1.